The molecule has 0 aromatic heterocycles. The van der Waals surface area contributed by atoms with Crippen molar-refractivity contribution in [1.82, 2.24) is 10.2 Å². The summed E-state index contributed by atoms with van der Waals surface area (Å²) in [6.07, 6.45) is -0.195. The molecule has 1 heterocycles. The Bertz CT molecular complexity index is 902. The Labute approximate surface area is 181 Å². The van der Waals surface area contributed by atoms with Crippen molar-refractivity contribution in [2.24, 2.45) is 0 Å². The molecule has 8 nitrogen and oxygen atoms in total. The van der Waals surface area contributed by atoms with Crippen molar-refractivity contribution in [2.75, 3.05) is 32.9 Å². The first kappa shape index (κ1) is 22.1. The van der Waals surface area contributed by atoms with Crippen LogP contribution in [0.2, 0.25) is 0 Å². The molecule has 0 saturated carbocycles. The van der Waals surface area contributed by atoms with Crippen LogP contribution in [-0.4, -0.2) is 61.6 Å². The van der Waals surface area contributed by atoms with Gasteiger partial charge >= 0.3 is 5.97 Å². The van der Waals surface area contributed by atoms with Crippen LogP contribution in [0.5, 0.6) is 11.5 Å². The molecule has 8 heteroatoms. The van der Waals surface area contributed by atoms with Gasteiger partial charge in [0.1, 0.15) is 30.8 Å². The van der Waals surface area contributed by atoms with Gasteiger partial charge < -0.3 is 24.4 Å². The number of ether oxygens (including phenoxy) is 3. The minimum Gasteiger partial charge on any atom is -0.490 e. The number of rotatable bonds is 9. The van der Waals surface area contributed by atoms with Gasteiger partial charge in [-0.1, -0.05) is 30.3 Å². The van der Waals surface area contributed by atoms with Gasteiger partial charge in [-0.05, 0) is 31.2 Å². The summed E-state index contributed by atoms with van der Waals surface area (Å²) < 4.78 is 16.4. The standard InChI is InChI=1S/C23H26N2O6/c1-2-29-21(26)16-19-22(27)24-12-13-25(19)23(28)18-10-6-7-11-20(18)31-15-14-30-17-8-4-3-5-9-17/h3-11,19H,2,12-16H2,1H3,(H,24,27). The number of benzene rings is 2. The summed E-state index contributed by atoms with van der Waals surface area (Å²) in [4.78, 5) is 38.9. The average Bonchev–Trinajstić information content (AvgIpc) is 2.79. The molecule has 31 heavy (non-hydrogen) atoms. The molecule has 2 amide bonds. The first-order valence-electron chi connectivity index (χ1n) is 10.2. The first-order chi connectivity index (χ1) is 15.1. The molecule has 1 N–H and O–H groups in total. The topological polar surface area (TPSA) is 94.2 Å². The zero-order valence-electron chi connectivity index (χ0n) is 17.4. The summed E-state index contributed by atoms with van der Waals surface area (Å²) in [5.74, 6) is -0.141. The highest BCUT2D eigenvalue weighted by molar-refractivity contribution is 6.01. The van der Waals surface area contributed by atoms with Gasteiger partial charge in [0.2, 0.25) is 5.91 Å². The molecule has 1 saturated heterocycles. The number of esters is 1. The number of carbonyl (C=O) groups is 3. The lowest BCUT2D eigenvalue weighted by Gasteiger charge is -2.34. The van der Waals surface area contributed by atoms with E-state index in [1.807, 2.05) is 30.3 Å². The van der Waals surface area contributed by atoms with E-state index in [-0.39, 0.29) is 31.4 Å². The van der Waals surface area contributed by atoms with Crippen LogP contribution in [0.25, 0.3) is 0 Å². The van der Waals surface area contributed by atoms with E-state index < -0.39 is 12.0 Å². The monoisotopic (exact) mass is 426 g/mol. The number of amides is 2. The molecule has 0 bridgehead atoms. The molecule has 0 aliphatic carbocycles. The van der Waals surface area contributed by atoms with Gasteiger partial charge in [0.25, 0.3) is 5.91 Å². The Morgan fingerprint density at radius 2 is 1.74 bits per heavy atom. The highest BCUT2D eigenvalue weighted by Gasteiger charge is 2.36. The Kier molecular flexibility index (Phi) is 7.86. The van der Waals surface area contributed by atoms with Crippen LogP contribution in [0.4, 0.5) is 0 Å². The van der Waals surface area contributed by atoms with E-state index in [4.69, 9.17) is 14.2 Å². The largest absolute Gasteiger partial charge is 0.490 e. The molecule has 1 aliphatic rings. The number of hydrogen-bond donors (Lipinski definition) is 1. The van der Waals surface area contributed by atoms with E-state index >= 15 is 0 Å². The number of piperazine rings is 1. The third kappa shape index (κ3) is 5.97. The van der Waals surface area contributed by atoms with Gasteiger partial charge in [0.05, 0.1) is 18.6 Å². The summed E-state index contributed by atoms with van der Waals surface area (Å²) in [6, 6.07) is 15.3. The van der Waals surface area contributed by atoms with Crippen molar-refractivity contribution in [1.29, 1.82) is 0 Å². The van der Waals surface area contributed by atoms with Crippen LogP contribution in [0.3, 0.4) is 0 Å². The highest BCUT2D eigenvalue weighted by Crippen LogP contribution is 2.23. The zero-order chi connectivity index (χ0) is 22.1. The van der Waals surface area contributed by atoms with Crippen molar-refractivity contribution in [3.63, 3.8) is 0 Å². The van der Waals surface area contributed by atoms with Gasteiger partial charge in [0.15, 0.2) is 0 Å². The fourth-order valence-corrected chi connectivity index (χ4v) is 3.29. The quantitative estimate of drug-likeness (QED) is 0.487. The normalized spacial score (nSPS) is 15.7. The van der Waals surface area contributed by atoms with Crippen LogP contribution < -0.4 is 14.8 Å². The van der Waals surface area contributed by atoms with Gasteiger partial charge in [-0.2, -0.15) is 0 Å². The van der Waals surface area contributed by atoms with Crippen molar-refractivity contribution in [2.45, 2.75) is 19.4 Å². The molecule has 1 fully saturated rings. The number of carbonyl (C=O) groups excluding carboxylic acids is 3. The van der Waals surface area contributed by atoms with Crippen molar-refractivity contribution in [3.05, 3.63) is 60.2 Å². The highest BCUT2D eigenvalue weighted by atomic mass is 16.5. The second-order valence-electron chi connectivity index (χ2n) is 6.82. The van der Waals surface area contributed by atoms with Gasteiger partial charge in [-0.15, -0.1) is 0 Å². The fourth-order valence-electron chi connectivity index (χ4n) is 3.29. The van der Waals surface area contributed by atoms with Crippen molar-refractivity contribution in [3.8, 4) is 11.5 Å². The van der Waals surface area contributed by atoms with Crippen molar-refractivity contribution < 1.29 is 28.6 Å². The molecular formula is C23H26N2O6. The Balaban J connectivity index is 1.67. The van der Waals surface area contributed by atoms with Gasteiger partial charge in [-0.25, -0.2) is 0 Å². The average molecular weight is 426 g/mol. The van der Waals surface area contributed by atoms with Crippen LogP contribution in [-0.2, 0) is 14.3 Å². The minimum absolute atomic E-state index is 0.195. The number of nitrogens with zero attached hydrogens (tertiary/aromatic N) is 1. The molecule has 1 atom stereocenters. The molecule has 1 unspecified atom stereocenters. The molecule has 2 aromatic rings. The first-order valence-corrected chi connectivity index (χ1v) is 10.2. The lowest BCUT2D eigenvalue weighted by Crippen LogP contribution is -2.57. The van der Waals surface area contributed by atoms with E-state index in [2.05, 4.69) is 5.32 Å². The maximum absolute atomic E-state index is 13.3. The predicted molar refractivity (Wildman–Crippen MR) is 113 cm³/mol. The summed E-state index contributed by atoms with van der Waals surface area (Å²) >= 11 is 0. The van der Waals surface area contributed by atoms with Gasteiger partial charge in [0, 0.05) is 13.1 Å². The van der Waals surface area contributed by atoms with Crippen molar-refractivity contribution >= 4 is 17.8 Å². The Morgan fingerprint density at radius 3 is 2.52 bits per heavy atom. The fraction of sp³-hybridized carbons (Fsp3) is 0.348. The molecule has 164 valence electrons. The number of hydrogen-bond acceptors (Lipinski definition) is 6. The van der Waals surface area contributed by atoms with Crippen LogP contribution >= 0.6 is 0 Å². The van der Waals surface area contributed by atoms with E-state index in [1.54, 1.807) is 31.2 Å². The minimum atomic E-state index is -0.922. The van der Waals surface area contributed by atoms with Crippen LogP contribution in [0.1, 0.15) is 23.7 Å². The van der Waals surface area contributed by atoms with E-state index in [0.717, 1.165) is 5.75 Å². The maximum Gasteiger partial charge on any atom is 0.308 e. The SMILES string of the molecule is CCOC(=O)CC1C(=O)NCCN1C(=O)c1ccccc1OCCOc1ccccc1. The molecule has 2 aromatic carbocycles. The Hall–Kier alpha value is -3.55. The lowest BCUT2D eigenvalue weighted by molar-refractivity contribution is -0.147. The summed E-state index contributed by atoms with van der Waals surface area (Å²) in [7, 11) is 0. The predicted octanol–water partition coefficient (Wildman–Crippen LogP) is 2.04. The van der Waals surface area contributed by atoms with E-state index in [1.165, 1.54) is 4.90 Å². The molecule has 3 rings (SSSR count). The third-order valence-electron chi connectivity index (χ3n) is 4.73. The van der Waals surface area contributed by atoms with E-state index in [0.29, 0.717) is 31.0 Å². The summed E-state index contributed by atoms with van der Waals surface area (Å²) in [5.41, 5.74) is 0.325. The summed E-state index contributed by atoms with van der Waals surface area (Å²) in [5, 5.41) is 2.70. The number of para-hydroxylation sites is 2. The van der Waals surface area contributed by atoms with Crippen LogP contribution in [0, 0.1) is 0 Å². The van der Waals surface area contributed by atoms with Gasteiger partial charge in [-0.3, -0.25) is 14.4 Å². The molecule has 0 radical (unpaired) electrons. The maximum atomic E-state index is 13.3. The third-order valence-corrected chi connectivity index (χ3v) is 4.73. The Morgan fingerprint density at radius 1 is 1.03 bits per heavy atom. The number of nitrogens with one attached hydrogen (secondary N) is 1. The van der Waals surface area contributed by atoms with E-state index in [9.17, 15) is 14.4 Å². The lowest BCUT2D eigenvalue weighted by atomic mass is 10.1. The zero-order valence-corrected chi connectivity index (χ0v) is 17.4. The second kappa shape index (κ2) is 11.0. The second-order valence-corrected chi connectivity index (χ2v) is 6.82. The molecule has 0 spiro atoms. The molecular weight excluding hydrogens is 400 g/mol. The molecule has 1 aliphatic heterocycles. The smallest absolute Gasteiger partial charge is 0.308 e. The summed E-state index contributed by atoms with van der Waals surface area (Å²) in [6.45, 7) is 3.06. The van der Waals surface area contributed by atoms with Crippen LogP contribution in [0.15, 0.2) is 54.6 Å².